The minimum atomic E-state index is -0.846. The SMILES string of the molecule is CN1CC[C@]2(CC[C@H](c3cc(-c4cccc(OCF)c4)ccn3)N2)C1=O. The van der Waals surface area contributed by atoms with Crippen LogP contribution in [-0.4, -0.2) is 41.8 Å². The molecule has 2 aliphatic heterocycles. The number of carbonyl (C=O) groups is 1. The van der Waals surface area contributed by atoms with Crippen LogP contribution in [0.5, 0.6) is 5.75 Å². The van der Waals surface area contributed by atoms with E-state index >= 15 is 0 Å². The first kappa shape index (κ1) is 17.0. The first-order chi connectivity index (χ1) is 12.6. The van der Waals surface area contributed by atoms with Crippen molar-refractivity contribution in [2.45, 2.75) is 30.8 Å². The Morgan fingerprint density at radius 2 is 2.15 bits per heavy atom. The topological polar surface area (TPSA) is 54.5 Å². The van der Waals surface area contributed by atoms with E-state index in [1.165, 1.54) is 0 Å². The Labute approximate surface area is 152 Å². The molecule has 26 heavy (non-hydrogen) atoms. The van der Waals surface area contributed by atoms with E-state index in [2.05, 4.69) is 10.3 Å². The fraction of sp³-hybridized carbons (Fsp3) is 0.400. The highest BCUT2D eigenvalue weighted by molar-refractivity contribution is 5.88. The summed E-state index contributed by atoms with van der Waals surface area (Å²) in [5, 5.41) is 3.55. The van der Waals surface area contributed by atoms with Gasteiger partial charge in [-0.05, 0) is 54.7 Å². The summed E-state index contributed by atoms with van der Waals surface area (Å²) in [4.78, 5) is 18.8. The number of nitrogens with one attached hydrogen (secondary N) is 1. The van der Waals surface area contributed by atoms with E-state index in [0.29, 0.717) is 5.75 Å². The largest absolute Gasteiger partial charge is 0.463 e. The van der Waals surface area contributed by atoms with Crippen molar-refractivity contribution in [1.29, 1.82) is 0 Å². The lowest BCUT2D eigenvalue weighted by molar-refractivity contribution is -0.131. The number of hydrogen-bond acceptors (Lipinski definition) is 4. The quantitative estimate of drug-likeness (QED) is 0.916. The van der Waals surface area contributed by atoms with Gasteiger partial charge in [-0.15, -0.1) is 0 Å². The van der Waals surface area contributed by atoms with Gasteiger partial charge in [0.1, 0.15) is 11.3 Å². The molecule has 0 bridgehead atoms. The van der Waals surface area contributed by atoms with Gasteiger partial charge >= 0.3 is 0 Å². The molecule has 0 unspecified atom stereocenters. The van der Waals surface area contributed by atoms with Gasteiger partial charge < -0.3 is 9.64 Å². The molecule has 0 aliphatic carbocycles. The van der Waals surface area contributed by atoms with Gasteiger partial charge in [0.05, 0.1) is 11.7 Å². The van der Waals surface area contributed by atoms with Crippen LogP contribution in [-0.2, 0) is 4.79 Å². The summed E-state index contributed by atoms with van der Waals surface area (Å²) in [6, 6.07) is 11.4. The highest BCUT2D eigenvalue weighted by Gasteiger charge is 2.50. The van der Waals surface area contributed by atoms with Crippen LogP contribution >= 0.6 is 0 Å². The maximum absolute atomic E-state index is 12.5. The molecule has 1 amide bonds. The lowest BCUT2D eigenvalue weighted by Crippen LogP contribution is -2.47. The number of pyridine rings is 1. The number of likely N-dealkylation sites (N-methyl/N-ethyl adjacent to an activating group) is 1. The molecule has 2 saturated heterocycles. The molecule has 2 atom stereocenters. The summed E-state index contributed by atoms with van der Waals surface area (Å²) in [6.45, 7) is -0.0466. The molecule has 1 aromatic carbocycles. The minimum Gasteiger partial charge on any atom is -0.463 e. The van der Waals surface area contributed by atoms with Crippen molar-refractivity contribution in [3.8, 4) is 16.9 Å². The summed E-state index contributed by atoms with van der Waals surface area (Å²) in [7, 11) is 1.86. The lowest BCUT2D eigenvalue weighted by atomic mass is 9.96. The number of aromatic nitrogens is 1. The second-order valence-electron chi connectivity index (χ2n) is 7.05. The van der Waals surface area contributed by atoms with E-state index in [1.54, 1.807) is 17.2 Å². The number of ether oxygens (including phenoxy) is 1. The first-order valence-electron chi connectivity index (χ1n) is 8.90. The Morgan fingerprint density at radius 1 is 1.31 bits per heavy atom. The highest BCUT2D eigenvalue weighted by Crippen LogP contribution is 2.39. The van der Waals surface area contributed by atoms with E-state index in [-0.39, 0.29) is 11.9 Å². The van der Waals surface area contributed by atoms with Crippen molar-refractivity contribution in [2.75, 3.05) is 20.5 Å². The Bertz CT molecular complexity index is 828. The molecule has 1 aromatic heterocycles. The van der Waals surface area contributed by atoms with E-state index in [0.717, 1.165) is 42.6 Å². The number of benzene rings is 1. The molecule has 136 valence electrons. The molecule has 2 fully saturated rings. The number of rotatable bonds is 4. The Hall–Kier alpha value is -2.47. The molecule has 3 heterocycles. The normalized spacial score (nSPS) is 25.2. The van der Waals surface area contributed by atoms with Crippen molar-refractivity contribution < 1.29 is 13.9 Å². The zero-order chi connectivity index (χ0) is 18.1. The zero-order valence-corrected chi connectivity index (χ0v) is 14.7. The summed E-state index contributed by atoms with van der Waals surface area (Å²) in [6.07, 6.45) is 4.36. The summed E-state index contributed by atoms with van der Waals surface area (Å²) >= 11 is 0. The molecule has 2 aromatic rings. The maximum atomic E-state index is 12.5. The number of likely N-dealkylation sites (tertiary alicyclic amines) is 1. The van der Waals surface area contributed by atoms with E-state index in [1.807, 2.05) is 37.4 Å². The third kappa shape index (κ3) is 2.94. The van der Waals surface area contributed by atoms with Gasteiger partial charge in [-0.2, -0.15) is 0 Å². The van der Waals surface area contributed by atoms with Crippen LogP contribution in [0.25, 0.3) is 11.1 Å². The molecule has 5 nitrogen and oxygen atoms in total. The molecular formula is C20H22FN3O2. The second-order valence-corrected chi connectivity index (χ2v) is 7.05. The smallest absolute Gasteiger partial charge is 0.242 e. The molecule has 0 radical (unpaired) electrons. The third-order valence-corrected chi connectivity index (χ3v) is 5.47. The van der Waals surface area contributed by atoms with Crippen molar-refractivity contribution in [3.63, 3.8) is 0 Å². The predicted molar refractivity (Wildman–Crippen MR) is 96.4 cm³/mol. The third-order valence-electron chi connectivity index (χ3n) is 5.47. The number of hydrogen-bond donors (Lipinski definition) is 1. The summed E-state index contributed by atoms with van der Waals surface area (Å²) < 4.78 is 17.4. The van der Waals surface area contributed by atoms with Crippen molar-refractivity contribution in [3.05, 3.63) is 48.3 Å². The van der Waals surface area contributed by atoms with Crippen molar-refractivity contribution in [1.82, 2.24) is 15.2 Å². The number of nitrogens with zero attached hydrogens (tertiary/aromatic N) is 2. The number of amides is 1. The molecule has 6 heteroatoms. The van der Waals surface area contributed by atoms with E-state index < -0.39 is 12.4 Å². The predicted octanol–water partition coefficient (Wildman–Crippen LogP) is 3.08. The number of alkyl halides is 1. The van der Waals surface area contributed by atoms with Crippen LogP contribution in [0.2, 0.25) is 0 Å². The number of halogens is 1. The zero-order valence-electron chi connectivity index (χ0n) is 14.7. The molecular weight excluding hydrogens is 333 g/mol. The second kappa shape index (κ2) is 6.68. The van der Waals surface area contributed by atoms with Crippen molar-refractivity contribution >= 4 is 5.91 Å². The summed E-state index contributed by atoms with van der Waals surface area (Å²) in [5.74, 6) is 0.688. The molecule has 1 N–H and O–H groups in total. The van der Waals surface area contributed by atoms with Crippen LogP contribution in [0.3, 0.4) is 0 Å². The molecule has 4 rings (SSSR count). The Kier molecular flexibility index (Phi) is 4.36. The minimum absolute atomic E-state index is 0.0654. The molecule has 0 saturated carbocycles. The van der Waals surface area contributed by atoms with Gasteiger partial charge in [-0.25, -0.2) is 4.39 Å². The average molecular weight is 355 g/mol. The van der Waals surface area contributed by atoms with E-state index in [4.69, 9.17) is 4.74 Å². The van der Waals surface area contributed by atoms with Gasteiger partial charge in [0, 0.05) is 19.8 Å². The Morgan fingerprint density at radius 3 is 2.92 bits per heavy atom. The molecule has 2 aliphatic rings. The summed E-state index contributed by atoms with van der Waals surface area (Å²) in [5.41, 5.74) is 2.45. The first-order valence-corrected chi connectivity index (χ1v) is 8.90. The van der Waals surface area contributed by atoms with Crippen LogP contribution in [0.15, 0.2) is 42.6 Å². The van der Waals surface area contributed by atoms with Gasteiger partial charge in [0.25, 0.3) is 0 Å². The van der Waals surface area contributed by atoms with Crippen LogP contribution < -0.4 is 10.1 Å². The standard InChI is InChI=1S/C20H22FN3O2/c1-24-10-8-20(19(24)25)7-5-17(23-20)18-12-15(6-9-22-18)14-3-2-4-16(11-14)26-13-21/h2-4,6,9,11-12,17,23H,5,7-8,10,13H2,1H3/t17-,20-/m1/s1. The van der Waals surface area contributed by atoms with Gasteiger partial charge in [0.15, 0.2) is 0 Å². The Balaban J connectivity index is 1.57. The molecule has 1 spiro atoms. The van der Waals surface area contributed by atoms with Gasteiger partial charge in [0.2, 0.25) is 12.8 Å². The van der Waals surface area contributed by atoms with Crippen LogP contribution in [0.1, 0.15) is 31.0 Å². The average Bonchev–Trinajstić information content (AvgIpc) is 3.22. The van der Waals surface area contributed by atoms with E-state index in [9.17, 15) is 9.18 Å². The number of carbonyl (C=O) groups excluding carboxylic acids is 1. The maximum Gasteiger partial charge on any atom is 0.242 e. The fourth-order valence-corrected chi connectivity index (χ4v) is 4.04. The van der Waals surface area contributed by atoms with Crippen LogP contribution in [0.4, 0.5) is 4.39 Å². The highest BCUT2D eigenvalue weighted by atomic mass is 19.1. The van der Waals surface area contributed by atoms with Crippen molar-refractivity contribution in [2.24, 2.45) is 0 Å². The monoisotopic (exact) mass is 355 g/mol. The van der Waals surface area contributed by atoms with Gasteiger partial charge in [-0.1, -0.05) is 12.1 Å². The van der Waals surface area contributed by atoms with Crippen LogP contribution in [0, 0.1) is 0 Å². The lowest BCUT2D eigenvalue weighted by Gasteiger charge is -2.23. The fourth-order valence-electron chi connectivity index (χ4n) is 4.04. The van der Waals surface area contributed by atoms with Gasteiger partial charge in [-0.3, -0.25) is 15.1 Å².